The van der Waals surface area contributed by atoms with Crippen LogP contribution in [0.1, 0.15) is 37.0 Å². The Morgan fingerprint density at radius 2 is 2.13 bits per heavy atom. The van der Waals surface area contributed by atoms with Gasteiger partial charge in [0.2, 0.25) is 0 Å². The van der Waals surface area contributed by atoms with E-state index in [4.69, 9.17) is 0 Å². The van der Waals surface area contributed by atoms with Crippen molar-refractivity contribution in [2.75, 3.05) is 18.1 Å². The molecular formula is C16H25N3O2S2. The van der Waals surface area contributed by atoms with Crippen LogP contribution in [0.25, 0.3) is 0 Å². The summed E-state index contributed by atoms with van der Waals surface area (Å²) in [7, 11) is -2.81. The number of hydrogen-bond donors (Lipinski definition) is 2. The highest BCUT2D eigenvalue weighted by Gasteiger charge is 2.28. The summed E-state index contributed by atoms with van der Waals surface area (Å²) in [5.74, 6) is 1.67. The molecule has 0 spiro atoms. The number of aliphatic imine (C=N–C) groups is 1. The molecule has 23 heavy (non-hydrogen) atoms. The molecule has 1 atom stereocenters. The van der Waals surface area contributed by atoms with Gasteiger partial charge in [0.25, 0.3) is 0 Å². The van der Waals surface area contributed by atoms with Crippen molar-refractivity contribution in [3.8, 4) is 0 Å². The van der Waals surface area contributed by atoms with Crippen LogP contribution in [0.4, 0.5) is 0 Å². The van der Waals surface area contributed by atoms with E-state index in [-0.39, 0.29) is 5.92 Å². The lowest BCUT2D eigenvalue weighted by molar-refractivity contribution is 0.553. The van der Waals surface area contributed by atoms with E-state index in [1.807, 2.05) is 6.07 Å². The van der Waals surface area contributed by atoms with Crippen LogP contribution in [0, 0.1) is 5.92 Å². The van der Waals surface area contributed by atoms with Crippen molar-refractivity contribution in [2.24, 2.45) is 10.9 Å². The summed E-state index contributed by atoms with van der Waals surface area (Å²) in [6.45, 7) is 1.35. The second kappa shape index (κ2) is 7.66. The average molecular weight is 356 g/mol. The smallest absolute Gasteiger partial charge is 0.191 e. The van der Waals surface area contributed by atoms with Crippen LogP contribution in [0.2, 0.25) is 0 Å². The van der Waals surface area contributed by atoms with Gasteiger partial charge >= 0.3 is 0 Å². The summed E-state index contributed by atoms with van der Waals surface area (Å²) < 4.78 is 23.1. The van der Waals surface area contributed by atoms with Gasteiger partial charge in [-0.3, -0.25) is 0 Å². The van der Waals surface area contributed by atoms with Crippen LogP contribution in [0.5, 0.6) is 0 Å². The first kappa shape index (κ1) is 16.8. The average Bonchev–Trinajstić information content (AvgIpc) is 3.24. The Morgan fingerprint density at radius 3 is 2.78 bits per heavy atom. The first-order chi connectivity index (χ1) is 11.1. The number of nitrogens with one attached hydrogen (secondary N) is 2. The number of sulfone groups is 1. The summed E-state index contributed by atoms with van der Waals surface area (Å²) in [6, 6.07) is 4.62. The van der Waals surface area contributed by atoms with Crippen LogP contribution in [0.3, 0.4) is 0 Å². The molecule has 128 valence electrons. The molecule has 1 aliphatic heterocycles. The second-order valence-electron chi connectivity index (χ2n) is 6.52. The predicted molar refractivity (Wildman–Crippen MR) is 95.6 cm³/mol. The van der Waals surface area contributed by atoms with Gasteiger partial charge in [0, 0.05) is 17.5 Å². The molecule has 3 rings (SSSR count). The van der Waals surface area contributed by atoms with Gasteiger partial charge in [0.05, 0.1) is 18.1 Å². The van der Waals surface area contributed by atoms with Crippen LogP contribution in [-0.4, -0.2) is 38.5 Å². The molecule has 1 saturated carbocycles. The number of hydrogen-bond acceptors (Lipinski definition) is 4. The fourth-order valence-corrected chi connectivity index (χ4v) is 5.74. The maximum absolute atomic E-state index is 11.6. The fourth-order valence-electron chi connectivity index (χ4n) is 3.25. The van der Waals surface area contributed by atoms with Gasteiger partial charge in [0.15, 0.2) is 15.8 Å². The van der Waals surface area contributed by atoms with E-state index in [1.165, 1.54) is 30.6 Å². The monoisotopic (exact) mass is 355 g/mol. The van der Waals surface area contributed by atoms with Crippen LogP contribution < -0.4 is 10.6 Å². The molecule has 5 nitrogen and oxygen atoms in total. The highest BCUT2D eigenvalue weighted by Crippen LogP contribution is 2.19. The molecule has 1 aromatic rings. The van der Waals surface area contributed by atoms with Crippen molar-refractivity contribution in [2.45, 2.75) is 44.7 Å². The summed E-state index contributed by atoms with van der Waals surface area (Å²) in [5.41, 5.74) is 0. The quantitative estimate of drug-likeness (QED) is 0.627. The SMILES string of the molecule is O=S1(=O)CCC(CNC(=NCc2cccs2)NC2CCCC2)C1. The number of thiophene rings is 1. The zero-order valence-corrected chi connectivity index (χ0v) is 15.0. The van der Waals surface area contributed by atoms with E-state index in [1.54, 1.807) is 11.3 Å². The normalized spacial score (nSPS) is 24.9. The van der Waals surface area contributed by atoms with Gasteiger partial charge in [-0.25, -0.2) is 13.4 Å². The summed E-state index contributed by atoms with van der Waals surface area (Å²) in [4.78, 5) is 5.92. The first-order valence-corrected chi connectivity index (χ1v) is 11.1. The Labute approximate surface area is 142 Å². The van der Waals surface area contributed by atoms with E-state index in [0.717, 1.165) is 12.4 Å². The topological polar surface area (TPSA) is 70.6 Å². The Morgan fingerprint density at radius 1 is 1.30 bits per heavy atom. The molecule has 1 saturated heterocycles. The summed E-state index contributed by atoms with van der Waals surface area (Å²) in [6.07, 6.45) is 5.69. The summed E-state index contributed by atoms with van der Waals surface area (Å²) in [5, 5.41) is 8.95. The minimum absolute atomic E-state index is 0.206. The molecule has 0 radical (unpaired) electrons. The van der Waals surface area contributed by atoms with Gasteiger partial charge in [-0.1, -0.05) is 18.9 Å². The van der Waals surface area contributed by atoms with Crippen LogP contribution >= 0.6 is 11.3 Å². The van der Waals surface area contributed by atoms with Gasteiger partial charge < -0.3 is 10.6 Å². The van der Waals surface area contributed by atoms with E-state index < -0.39 is 9.84 Å². The molecule has 0 aromatic carbocycles. The first-order valence-electron chi connectivity index (χ1n) is 8.38. The number of guanidine groups is 1. The zero-order valence-electron chi connectivity index (χ0n) is 13.3. The van der Waals surface area contributed by atoms with Crippen molar-refractivity contribution in [3.63, 3.8) is 0 Å². The van der Waals surface area contributed by atoms with Crippen molar-refractivity contribution in [1.29, 1.82) is 0 Å². The molecule has 2 N–H and O–H groups in total. The van der Waals surface area contributed by atoms with Gasteiger partial charge in [-0.15, -0.1) is 11.3 Å². The van der Waals surface area contributed by atoms with Crippen LogP contribution in [-0.2, 0) is 16.4 Å². The van der Waals surface area contributed by atoms with E-state index >= 15 is 0 Å². The fraction of sp³-hybridized carbons (Fsp3) is 0.688. The maximum atomic E-state index is 11.6. The van der Waals surface area contributed by atoms with Crippen molar-refractivity contribution in [3.05, 3.63) is 22.4 Å². The third-order valence-corrected chi connectivity index (χ3v) is 7.25. The lowest BCUT2D eigenvalue weighted by Gasteiger charge is -2.19. The molecule has 1 unspecified atom stereocenters. The molecule has 1 aliphatic carbocycles. The lowest BCUT2D eigenvalue weighted by Crippen LogP contribution is -2.44. The molecule has 2 aliphatic rings. The van der Waals surface area contributed by atoms with E-state index in [9.17, 15) is 8.42 Å². The molecule has 1 aromatic heterocycles. The Balaban J connectivity index is 1.56. The van der Waals surface area contributed by atoms with Crippen LogP contribution in [0.15, 0.2) is 22.5 Å². The Hall–Kier alpha value is -1.08. The third-order valence-electron chi connectivity index (χ3n) is 4.55. The minimum Gasteiger partial charge on any atom is -0.356 e. The molecule has 7 heteroatoms. The predicted octanol–water partition coefficient (Wildman–Crippen LogP) is 2.16. The van der Waals surface area contributed by atoms with Gasteiger partial charge in [0.1, 0.15) is 0 Å². The number of rotatable bonds is 5. The zero-order chi connectivity index (χ0) is 16.1. The largest absolute Gasteiger partial charge is 0.356 e. The molecule has 2 fully saturated rings. The van der Waals surface area contributed by atoms with Crippen molar-refractivity contribution < 1.29 is 8.42 Å². The van der Waals surface area contributed by atoms with E-state index in [0.29, 0.717) is 30.6 Å². The standard InChI is InChI=1S/C16H25N3O2S2/c20-23(21)9-7-13(12-23)10-17-16(19-14-4-1-2-5-14)18-11-15-6-3-8-22-15/h3,6,8,13-14H,1-2,4-5,7,9-12H2,(H2,17,18,19). The van der Waals surface area contributed by atoms with Crippen molar-refractivity contribution >= 4 is 27.1 Å². The molecule has 0 amide bonds. The van der Waals surface area contributed by atoms with Gasteiger partial charge in [-0.05, 0) is 36.6 Å². The highest BCUT2D eigenvalue weighted by molar-refractivity contribution is 7.91. The maximum Gasteiger partial charge on any atom is 0.191 e. The molecule has 2 heterocycles. The Bertz CT molecular complexity index is 620. The molecular weight excluding hydrogens is 330 g/mol. The highest BCUT2D eigenvalue weighted by atomic mass is 32.2. The second-order valence-corrected chi connectivity index (χ2v) is 9.78. The minimum atomic E-state index is -2.81. The summed E-state index contributed by atoms with van der Waals surface area (Å²) >= 11 is 1.71. The van der Waals surface area contributed by atoms with Crippen molar-refractivity contribution in [1.82, 2.24) is 10.6 Å². The Kier molecular flexibility index (Phi) is 5.58. The van der Waals surface area contributed by atoms with E-state index in [2.05, 4.69) is 27.1 Å². The third kappa shape index (κ3) is 5.21. The molecule has 0 bridgehead atoms. The lowest BCUT2D eigenvalue weighted by atomic mass is 10.1. The number of nitrogens with zero attached hydrogens (tertiary/aromatic N) is 1. The van der Waals surface area contributed by atoms with Gasteiger partial charge in [-0.2, -0.15) is 0 Å².